The van der Waals surface area contributed by atoms with Gasteiger partial charge in [0.05, 0.1) is 17.1 Å². The second-order valence-electron chi connectivity index (χ2n) is 7.35. The molecule has 0 spiro atoms. The van der Waals surface area contributed by atoms with E-state index >= 15 is 0 Å². The Morgan fingerprint density at radius 1 is 1.14 bits per heavy atom. The smallest absolute Gasteiger partial charge is 0.408 e. The van der Waals surface area contributed by atoms with Crippen molar-refractivity contribution in [1.82, 2.24) is 15.3 Å². The number of aromatic amines is 1. The number of imidazole rings is 1. The van der Waals surface area contributed by atoms with Crippen LogP contribution in [0.5, 0.6) is 5.75 Å². The Bertz CT molecular complexity index is 1030. The van der Waals surface area contributed by atoms with E-state index in [0.717, 1.165) is 5.56 Å². The maximum Gasteiger partial charge on any atom is 0.408 e. The molecule has 0 aliphatic rings. The van der Waals surface area contributed by atoms with Gasteiger partial charge in [0.25, 0.3) is 0 Å². The van der Waals surface area contributed by atoms with Crippen LogP contribution in [0, 0.1) is 0 Å². The van der Waals surface area contributed by atoms with Gasteiger partial charge >= 0.3 is 6.09 Å². The van der Waals surface area contributed by atoms with Crippen LogP contribution in [0.25, 0.3) is 11.0 Å². The van der Waals surface area contributed by atoms with Crippen molar-refractivity contribution in [3.05, 3.63) is 56.8 Å². The number of nitrogens with zero attached hydrogens (tertiary/aromatic N) is 1. The summed E-state index contributed by atoms with van der Waals surface area (Å²) in [5.41, 5.74) is 1.50. The highest BCUT2D eigenvalue weighted by atomic mass is 35.5. The van der Waals surface area contributed by atoms with Crippen LogP contribution in [0.1, 0.15) is 32.2 Å². The number of ether oxygens (including phenoxy) is 2. The molecule has 0 atom stereocenters. The third-order valence-electron chi connectivity index (χ3n) is 3.78. The Balaban J connectivity index is 1.74. The summed E-state index contributed by atoms with van der Waals surface area (Å²) in [4.78, 5) is 19.3. The van der Waals surface area contributed by atoms with Crippen molar-refractivity contribution in [3.63, 3.8) is 0 Å². The van der Waals surface area contributed by atoms with E-state index in [2.05, 4.69) is 15.3 Å². The number of hydrogen-bond acceptors (Lipinski definition) is 4. The summed E-state index contributed by atoms with van der Waals surface area (Å²) >= 11 is 18.6. The van der Waals surface area contributed by atoms with Gasteiger partial charge < -0.3 is 19.8 Å². The molecule has 1 heterocycles. The second kappa shape index (κ2) is 8.69. The standard InChI is InChI=1S/C20H20Cl3N3O3/c1-20(2,3)29-19(27)24-9-15-25-13-8-14(16(22)17(23)18(13)26-15)28-10-11-4-6-12(21)7-5-11/h4-8H,9-10H2,1-3H3,(H,24,27)(H,25,26). The number of fused-ring (bicyclic) bond motifs is 1. The lowest BCUT2D eigenvalue weighted by Gasteiger charge is -2.19. The summed E-state index contributed by atoms with van der Waals surface area (Å²) in [5.74, 6) is 0.938. The molecule has 2 N–H and O–H groups in total. The van der Waals surface area contributed by atoms with Gasteiger partial charge in [0.15, 0.2) is 0 Å². The predicted molar refractivity (Wildman–Crippen MR) is 115 cm³/mol. The van der Waals surface area contributed by atoms with Crippen molar-refractivity contribution in [3.8, 4) is 5.75 Å². The highest BCUT2D eigenvalue weighted by molar-refractivity contribution is 6.45. The van der Waals surface area contributed by atoms with E-state index in [-0.39, 0.29) is 16.6 Å². The zero-order valence-electron chi connectivity index (χ0n) is 16.1. The van der Waals surface area contributed by atoms with E-state index in [1.54, 1.807) is 39.0 Å². The van der Waals surface area contributed by atoms with Crippen molar-refractivity contribution < 1.29 is 14.3 Å². The molecular formula is C20H20Cl3N3O3. The molecule has 9 heteroatoms. The van der Waals surface area contributed by atoms with Crippen LogP contribution in [0.3, 0.4) is 0 Å². The molecule has 0 unspecified atom stereocenters. The Kier molecular flexibility index (Phi) is 6.46. The minimum absolute atomic E-state index is 0.151. The first kappa shape index (κ1) is 21.6. The van der Waals surface area contributed by atoms with E-state index in [1.807, 2.05) is 12.1 Å². The zero-order chi connectivity index (χ0) is 21.2. The second-order valence-corrected chi connectivity index (χ2v) is 8.55. The van der Waals surface area contributed by atoms with Crippen LogP contribution >= 0.6 is 34.8 Å². The van der Waals surface area contributed by atoms with Crippen molar-refractivity contribution in [1.29, 1.82) is 0 Å². The molecule has 0 saturated carbocycles. The molecule has 1 aromatic heterocycles. The van der Waals surface area contributed by atoms with Gasteiger partial charge in [-0.25, -0.2) is 9.78 Å². The number of halogens is 3. The van der Waals surface area contributed by atoms with Gasteiger partial charge in [0, 0.05) is 11.1 Å². The van der Waals surface area contributed by atoms with E-state index in [1.165, 1.54) is 0 Å². The lowest BCUT2D eigenvalue weighted by Crippen LogP contribution is -2.32. The normalized spacial score (nSPS) is 11.5. The average molecular weight is 457 g/mol. The minimum Gasteiger partial charge on any atom is -0.487 e. The van der Waals surface area contributed by atoms with Crippen LogP contribution in [-0.2, 0) is 17.9 Å². The Labute approximate surface area is 183 Å². The van der Waals surface area contributed by atoms with Gasteiger partial charge in [-0.1, -0.05) is 46.9 Å². The van der Waals surface area contributed by atoms with Crippen LogP contribution in [0.2, 0.25) is 15.1 Å². The number of H-pyrrole nitrogens is 1. The van der Waals surface area contributed by atoms with E-state index in [0.29, 0.717) is 34.2 Å². The number of nitrogens with one attached hydrogen (secondary N) is 2. The Hall–Kier alpha value is -2.15. The number of aromatic nitrogens is 2. The summed E-state index contributed by atoms with van der Waals surface area (Å²) < 4.78 is 11.0. The predicted octanol–water partition coefficient (Wildman–Crippen LogP) is 6.13. The molecule has 0 bridgehead atoms. The van der Waals surface area contributed by atoms with Crippen molar-refractivity contribution in [2.45, 2.75) is 39.5 Å². The van der Waals surface area contributed by atoms with Gasteiger partial charge in [0.2, 0.25) is 0 Å². The molecule has 0 saturated heterocycles. The van der Waals surface area contributed by atoms with Crippen LogP contribution in [0.4, 0.5) is 4.79 Å². The quantitative estimate of drug-likeness (QED) is 0.484. The summed E-state index contributed by atoms with van der Waals surface area (Å²) in [5, 5.41) is 3.84. The maximum absolute atomic E-state index is 11.8. The number of alkyl carbamates (subject to hydrolysis) is 1. The number of carbonyl (C=O) groups is 1. The number of hydrogen-bond donors (Lipinski definition) is 2. The lowest BCUT2D eigenvalue weighted by atomic mass is 10.2. The van der Waals surface area contributed by atoms with E-state index < -0.39 is 11.7 Å². The van der Waals surface area contributed by atoms with E-state index in [9.17, 15) is 4.79 Å². The van der Waals surface area contributed by atoms with Crippen molar-refractivity contribution in [2.24, 2.45) is 0 Å². The minimum atomic E-state index is -0.578. The maximum atomic E-state index is 11.8. The summed E-state index contributed by atoms with van der Waals surface area (Å²) in [7, 11) is 0. The van der Waals surface area contributed by atoms with Crippen molar-refractivity contribution >= 4 is 51.9 Å². The molecule has 3 rings (SSSR count). The number of rotatable bonds is 5. The van der Waals surface area contributed by atoms with Crippen LogP contribution < -0.4 is 10.1 Å². The van der Waals surface area contributed by atoms with Crippen LogP contribution in [0.15, 0.2) is 30.3 Å². The first-order chi connectivity index (χ1) is 13.6. The number of benzene rings is 2. The third kappa shape index (κ3) is 5.69. The highest BCUT2D eigenvalue weighted by Gasteiger charge is 2.18. The molecule has 154 valence electrons. The molecule has 6 nitrogen and oxygen atoms in total. The molecule has 0 aliphatic carbocycles. The Morgan fingerprint density at radius 3 is 2.48 bits per heavy atom. The average Bonchev–Trinajstić information content (AvgIpc) is 3.05. The third-order valence-corrected chi connectivity index (χ3v) is 4.87. The van der Waals surface area contributed by atoms with Crippen molar-refractivity contribution in [2.75, 3.05) is 0 Å². The fourth-order valence-corrected chi connectivity index (χ4v) is 3.08. The number of carbonyl (C=O) groups excluding carboxylic acids is 1. The molecule has 3 aromatic rings. The summed E-state index contributed by atoms with van der Waals surface area (Å²) in [6, 6.07) is 9.04. The summed E-state index contributed by atoms with van der Waals surface area (Å²) in [6.45, 7) is 5.84. The monoisotopic (exact) mass is 455 g/mol. The SMILES string of the molecule is CC(C)(C)OC(=O)NCc1nc2c(Cl)c(Cl)c(OCc3ccc(Cl)cc3)cc2[nH]1. The first-order valence-electron chi connectivity index (χ1n) is 8.83. The highest BCUT2D eigenvalue weighted by Crippen LogP contribution is 2.38. The molecule has 0 radical (unpaired) electrons. The van der Waals surface area contributed by atoms with Gasteiger partial charge in [-0.15, -0.1) is 0 Å². The van der Waals surface area contributed by atoms with Crippen LogP contribution in [-0.4, -0.2) is 21.7 Å². The summed E-state index contributed by atoms with van der Waals surface area (Å²) in [6.07, 6.45) is -0.533. The Morgan fingerprint density at radius 2 is 1.83 bits per heavy atom. The molecule has 2 aromatic carbocycles. The fourth-order valence-electron chi connectivity index (χ4n) is 2.52. The topological polar surface area (TPSA) is 76.2 Å². The van der Waals surface area contributed by atoms with Gasteiger partial charge in [-0.2, -0.15) is 0 Å². The molecular weight excluding hydrogens is 437 g/mol. The largest absolute Gasteiger partial charge is 0.487 e. The van der Waals surface area contributed by atoms with E-state index in [4.69, 9.17) is 44.3 Å². The zero-order valence-corrected chi connectivity index (χ0v) is 18.4. The molecule has 1 amide bonds. The van der Waals surface area contributed by atoms with Gasteiger partial charge in [0.1, 0.15) is 34.3 Å². The fraction of sp³-hybridized carbons (Fsp3) is 0.300. The molecule has 0 fully saturated rings. The number of amides is 1. The van der Waals surface area contributed by atoms with Gasteiger partial charge in [-0.05, 0) is 38.5 Å². The van der Waals surface area contributed by atoms with Gasteiger partial charge in [-0.3, -0.25) is 0 Å². The molecule has 0 aliphatic heterocycles. The lowest BCUT2D eigenvalue weighted by molar-refractivity contribution is 0.0522. The first-order valence-corrected chi connectivity index (χ1v) is 9.96. The molecule has 29 heavy (non-hydrogen) atoms.